The lowest BCUT2D eigenvalue weighted by Crippen LogP contribution is -2.46. The van der Waals surface area contributed by atoms with Crippen LogP contribution in [0.4, 0.5) is 0 Å². The summed E-state index contributed by atoms with van der Waals surface area (Å²) in [6, 6.07) is 9.33. The van der Waals surface area contributed by atoms with Gasteiger partial charge in [-0.2, -0.15) is 12.6 Å². The number of carbonyl (C=O) groups is 2. The molecule has 0 aliphatic heterocycles. The van der Waals surface area contributed by atoms with Gasteiger partial charge in [0, 0.05) is 13.3 Å². The van der Waals surface area contributed by atoms with E-state index >= 15 is 0 Å². The normalized spacial score (nSPS) is 13.8. The van der Waals surface area contributed by atoms with Crippen molar-refractivity contribution in [2.24, 2.45) is 0 Å². The molecule has 0 aromatic heterocycles. The molecule has 1 rings (SSSR count). The molecule has 0 heterocycles. The van der Waals surface area contributed by atoms with Crippen molar-refractivity contribution in [3.63, 3.8) is 0 Å². The summed E-state index contributed by atoms with van der Waals surface area (Å²) >= 11 is 4.30. The van der Waals surface area contributed by atoms with Crippen LogP contribution in [0, 0.1) is 0 Å². The van der Waals surface area contributed by atoms with Crippen molar-refractivity contribution in [1.29, 1.82) is 0 Å². The molecule has 0 radical (unpaired) electrons. The van der Waals surface area contributed by atoms with Gasteiger partial charge in [0.2, 0.25) is 5.91 Å². The molecule has 0 fully saturated rings. The maximum atomic E-state index is 11.1. The molecule has 2 N–H and O–H groups in total. The summed E-state index contributed by atoms with van der Waals surface area (Å²) in [5.41, 5.74) is 0.928. The Morgan fingerprint density at radius 3 is 2.41 bits per heavy atom. The highest BCUT2D eigenvalue weighted by Crippen LogP contribution is 2.22. The predicted molar refractivity (Wildman–Crippen MR) is 67.9 cm³/mol. The molecular formula is C12H15NO3S. The van der Waals surface area contributed by atoms with E-state index in [9.17, 15) is 9.59 Å². The fourth-order valence-corrected chi connectivity index (χ4v) is 2.14. The van der Waals surface area contributed by atoms with Crippen molar-refractivity contribution in [2.75, 3.05) is 0 Å². The number of carbonyl (C=O) groups excluding carboxylic acids is 1. The Labute approximate surface area is 105 Å². The van der Waals surface area contributed by atoms with E-state index in [2.05, 4.69) is 17.9 Å². The summed E-state index contributed by atoms with van der Waals surface area (Å²) in [7, 11) is 0. The number of carboxylic acids is 1. The zero-order chi connectivity index (χ0) is 12.9. The fraction of sp³-hybridized carbons (Fsp3) is 0.333. The van der Waals surface area contributed by atoms with Gasteiger partial charge in [0.1, 0.15) is 0 Å². The van der Waals surface area contributed by atoms with Crippen LogP contribution >= 0.6 is 12.6 Å². The third-order valence-corrected chi connectivity index (χ3v) is 2.62. The standard InChI is InChI=1S/C12H15NO3S/c1-9(14)13-12(17,8-11(15)16)7-10-5-3-2-4-6-10/h2-6,17H,7-8H2,1H3,(H,13,14)(H,15,16). The summed E-state index contributed by atoms with van der Waals surface area (Å²) in [4.78, 5) is 20.8. The number of carboxylic acid groups (broad SMARTS) is 1. The van der Waals surface area contributed by atoms with E-state index in [-0.39, 0.29) is 12.3 Å². The van der Waals surface area contributed by atoms with E-state index in [0.29, 0.717) is 6.42 Å². The van der Waals surface area contributed by atoms with Gasteiger partial charge in [-0.15, -0.1) is 0 Å². The molecule has 4 nitrogen and oxygen atoms in total. The van der Waals surface area contributed by atoms with Crippen molar-refractivity contribution in [3.05, 3.63) is 35.9 Å². The largest absolute Gasteiger partial charge is 0.481 e. The number of thiol groups is 1. The Morgan fingerprint density at radius 2 is 1.94 bits per heavy atom. The number of rotatable bonds is 5. The second-order valence-corrected chi connectivity index (χ2v) is 4.80. The maximum Gasteiger partial charge on any atom is 0.306 e. The van der Waals surface area contributed by atoms with Crippen molar-refractivity contribution >= 4 is 24.5 Å². The number of benzene rings is 1. The maximum absolute atomic E-state index is 11.1. The van der Waals surface area contributed by atoms with Crippen LogP contribution in [0.15, 0.2) is 30.3 Å². The summed E-state index contributed by atoms with van der Waals surface area (Å²) in [6.07, 6.45) is 0.132. The Balaban J connectivity index is 2.83. The van der Waals surface area contributed by atoms with Gasteiger partial charge >= 0.3 is 5.97 Å². The first-order valence-electron chi connectivity index (χ1n) is 5.18. The average Bonchev–Trinajstić information content (AvgIpc) is 2.15. The second kappa shape index (κ2) is 5.72. The van der Waals surface area contributed by atoms with Crippen molar-refractivity contribution < 1.29 is 14.7 Å². The van der Waals surface area contributed by atoms with Gasteiger partial charge < -0.3 is 10.4 Å². The average molecular weight is 253 g/mol. The predicted octanol–water partition coefficient (Wildman–Crippen LogP) is 1.47. The SMILES string of the molecule is CC(=O)NC(S)(CC(=O)O)Cc1ccccc1. The summed E-state index contributed by atoms with van der Waals surface area (Å²) in [5.74, 6) is -1.29. The van der Waals surface area contributed by atoms with E-state index in [1.54, 1.807) is 0 Å². The highest BCUT2D eigenvalue weighted by Gasteiger charge is 2.29. The third kappa shape index (κ3) is 4.91. The Hall–Kier alpha value is -1.49. The van der Waals surface area contributed by atoms with Crippen LogP contribution in [0.1, 0.15) is 18.9 Å². The fourth-order valence-electron chi connectivity index (χ4n) is 1.66. The molecule has 0 saturated heterocycles. The Morgan fingerprint density at radius 1 is 1.35 bits per heavy atom. The first-order valence-corrected chi connectivity index (χ1v) is 5.63. The van der Waals surface area contributed by atoms with Crippen LogP contribution in [-0.4, -0.2) is 21.9 Å². The zero-order valence-corrected chi connectivity index (χ0v) is 10.4. The number of hydrogen-bond donors (Lipinski definition) is 3. The lowest BCUT2D eigenvalue weighted by atomic mass is 10.0. The van der Waals surface area contributed by atoms with E-state index in [1.807, 2.05) is 30.3 Å². The summed E-state index contributed by atoms with van der Waals surface area (Å²) in [6.45, 7) is 1.35. The monoisotopic (exact) mass is 253 g/mol. The molecule has 0 aliphatic rings. The van der Waals surface area contributed by atoms with E-state index in [0.717, 1.165) is 5.56 Å². The molecule has 5 heteroatoms. The van der Waals surface area contributed by atoms with Crippen LogP contribution in [0.3, 0.4) is 0 Å². The minimum atomic E-state index is -1.06. The highest BCUT2D eigenvalue weighted by atomic mass is 32.1. The smallest absolute Gasteiger partial charge is 0.306 e. The number of nitrogens with one attached hydrogen (secondary N) is 1. The van der Waals surface area contributed by atoms with Crippen molar-refractivity contribution in [1.82, 2.24) is 5.32 Å². The second-order valence-electron chi connectivity index (χ2n) is 3.95. The van der Waals surface area contributed by atoms with Crippen LogP contribution in [-0.2, 0) is 16.0 Å². The number of aliphatic carboxylic acids is 1. The third-order valence-electron chi connectivity index (χ3n) is 2.19. The van der Waals surface area contributed by atoms with Crippen molar-refractivity contribution in [3.8, 4) is 0 Å². The quantitative estimate of drug-likeness (QED) is 0.550. The Bertz CT molecular complexity index is 389. The highest BCUT2D eigenvalue weighted by molar-refractivity contribution is 7.81. The van der Waals surface area contributed by atoms with Gasteiger partial charge in [0.25, 0.3) is 0 Å². The molecule has 0 bridgehead atoms. The number of hydrogen-bond acceptors (Lipinski definition) is 3. The molecule has 1 aromatic rings. The molecule has 1 amide bonds. The van der Waals surface area contributed by atoms with Gasteiger partial charge in [-0.3, -0.25) is 9.59 Å². The van der Waals surface area contributed by atoms with Crippen LogP contribution in [0.5, 0.6) is 0 Å². The molecular weight excluding hydrogens is 238 g/mol. The first-order chi connectivity index (χ1) is 7.91. The lowest BCUT2D eigenvalue weighted by Gasteiger charge is -2.27. The first kappa shape index (κ1) is 13.6. The van der Waals surface area contributed by atoms with Gasteiger partial charge in [-0.25, -0.2) is 0 Å². The van der Waals surface area contributed by atoms with Crippen LogP contribution < -0.4 is 5.32 Å². The van der Waals surface area contributed by atoms with Crippen molar-refractivity contribution in [2.45, 2.75) is 24.6 Å². The van der Waals surface area contributed by atoms with Gasteiger partial charge in [0.05, 0.1) is 11.3 Å². The zero-order valence-electron chi connectivity index (χ0n) is 9.51. The minimum Gasteiger partial charge on any atom is -0.481 e. The molecule has 0 aliphatic carbocycles. The molecule has 1 aromatic carbocycles. The van der Waals surface area contributed by atoms with Crippen LogP contribution in [0.25, 0.3) is 0 Å². The molecule has 0 saturated carbocycles. The topological polar surface area (TPSA) is 66.4 Å². The van der Waals surface area contributed by atoms with E-state index in [4.69, 9.17) is 5.11 Å². The van der Waals surface area contributed by atoms with E-state index in [1.165, 1.54) is 6.92 Å². The van der Waals surface area contributed by atoms with Gasteiger partial charge in [-0.05, 0) is 5.56 Å². The lowest BCUT2D eigenvalue weighted by molar-refractivity contribution is -0.138. The minimum absolute atomic E-state index is 0.232. The Kier molecular flexibility index (Phi) is 4.57. The molecule has 92 valence electrons. The summed E-state index contributed by atoms with van der Waals surface area (Å²) < 4.78 is 0. The number of amides is 1. The van der Waals surface area contributed by atoms with Gasteiger partial charge in [0.15, 0.2) is 0 Å². The van der Waals surface area contributed by atoms with Crippen LogP contribution in [0.2, 0.25) is 0 Å². The van der Waals surface area contributed by atoms with E-state index < -0.39 is 10.8 Å². The molecule has 1 atom stereocenters. The molecule has 1 unspecified atom stereocenters. The van der Waals surface area contributed by atoms with Gasteiger partial charge in [-0.1, -0.05) is 30.3 Å². The molecule has 0 spiro atoms. The molecule has 17 heavy (non-hydrogen) atoms. The summed E-state index contributed by atoms with van der Waals surface area (Å²) in [5, 5.41) is 11.4.